The molecule has 0 saturated carbocycles. The Balaban J connectivity index is 1.53. The van der Waals surface area contributed by atoms with Crippen LogP contribution < -0.4 is 5.73 Å². The molecule has 25 heavy (non-hydrogen) atoms. The smallest absolute Gasteiger partial charge is 0.244 e. The SMILES string of the molecule is Cc1cc(C)n(CC(=O)N2CCO[C@H](CCc3ccnc(N)c3)C2)n1. The number of nitrogens with two attached hydrogens (primary N) is 1. The molecule has 134 valence electrons. The maximum absolute atomic E-state index is 12.6. The molecule has 0 unspecified atom stereocenters. The lowest BCUT2D eigenvalue weighted by Crippen LogP contribution is -2.47. The summed E-state index contributed by atoms with van der Waals surface area (Å²) in [6, 6.07) is 5.83. The van der Waals surface area contributed by atoms with E-state index in [-0.39, 0.29) is 18.6 Å². The zero-order chi connectivity index (χ0) is 17.8. The second-order valence-corrected chi connectivity index (χ2v) is 6.54. The van der Waals surface area contributed by atoms with Gasteiger partial charge in [-0.15, -0.1) is 0 Å². The number of carbonyl (C=O) groups is 1. The zero-order valence-corrected chi connectivity index (χ0v) is 14.8. The summed E-state index contributed by atoms with van der Waals surface area (Å²) in [6.45, 7) is 6.02. The van der Waals surface area contributed by atoms with Crippen LogP contribution in [-0.4, -0.2) is 51.4 Å². The van der Waals surface area contributed by atoms with Crippen molar-refractivity contribution in [2.75, 3.05) is 25.4 Å². The molecule has 2 aromatic heterocycles. The fourth-order valence-electron chi connectivity index (χ4n) is 3.16. The Labute approximate surface area is 147 Å². The Hall–Kier alpha value is -2.41. The van der Waals surface area contributed by atoms with Crippen molar-refractivity contribution in [2.24, 2.45) is 0 Å². The molecular weight excluding hydrogens is 318 g/mol. The van der Waals surface area contributed by atoms with Crippen LogP contribution in [0.1, 0.15) is 23.4 Å². The number of rotatable bonds is 5. The van der Waals surface area contributed by atoms with Crippen LogP contribution in [0.2, 0.25) is 0 Å². The minimum absolute atomic E-state index is 0.0487. The number of aryl methyl sites for hydroxylation is 3. The quantitative estimate of drug-likeness (QED) is 0.885. The molecule has 3 rings (SSSR count). The molecule has 0 radical (unpaired) electrons. The number of hydrogen-bond donors (Lipinski definition) is 1. The van der Waals surface area contributed by atoms with Gasteiger partial charge >= 0.3 is 0 Å². The van der Waals surface area contributed by atoms with E-state index in [1.807, 2.05) is 36.9 Å². The minimum atomic E-state index is 0.0487. The van der Waals surface area contributed by atoms with E-state index in [1.165, 1.54) is 0 Å². The van der Waals surface area contributed by atoms with Crippen LogP contribution in [0, 0.1) is 13.8 Å². The van der Waals surface area contributed by atoms with Crippen molar-refractivity contribution >= 4 is 11.7 Å². The summed E-state index contributed by atoms with van der Waals surface area (Å²) in [4.78, 5) is 18.5. The van der Waals surface area contributed by atoms with E-state index in [0.29, 0.717) is 25.5 Å². The van der Waals surface area contributed by atoms with Crippen molar-refractivity contribution < 1.29 is 9.53 Å². The Morgan fingerprint density at radius 3 is 2.96 bits per heavy atom. The summed E-state index contributed by atoms with van der Waals surface area (Å²) >= 11 is 0. The Kier molecular flexibility index (Phi) is 5.33. The predicted molar refractivity (Wildman–Crippen MR) is 95.0 cm³/mol. The van der Waals surface area contributed by atoms with Crippen molar-refractivity contribution in [3.8, 4) is 0 Å². The summed E-state index contributed by atoms with van der Waals surface area (Å²) in [7, 11) is 0. The van der Waals surface area contributed by atoms with E-state index < -0.39 is 0 Å². The number of morpholine rings is 1. The van der Waals surface area contributed by atoms with Crippen LogP contribution in [-0.2, 0) is 22.5 Å². The molecule has 0 aromatic carbocycles. The van der Waals surface area contributed by atoms with Gasteiger partial charge in [-0.3, -0.25) is 9.48 Å². The standard InChI is InChI=1S/C18H25N5O2/c1-13-9-14(2)23(21-13)12-18(24)22-7-8-25-16(11-22)4-3-15-5-6-20-17(19)10-15/h5-6,9-10,16H,3-4,7-8,11-12H2,1-2H3,(H2,19,20)/t16-/m1/s1. The normalized spacial score (nSPS) is 17.7. The number of ether oxygens (including phenoxy) is 1. The van der Waals surface area contributed by atoms with Gasteiger partial charge in [-0.1, -0.05) is 0 Å². The fraction of sp³-hybridized carbons (Fsp3) is 0.500. The van der Waals surface area contributed by atoms with Crippen LogP contribution in [0.15, 0.2) is 24.4 Å². The molecule has 1 aliphatic rings. The first-order valence-corrected chi connectivity index (χ1v) is 8.62. The lowest BCUT2D eigenvalue weighted by atomic mass is 10.1. The molecule has 1 aliphatic heterocycles. The third-order valence-electron chi connectivity index (χ3n) is 4.48. The molecular formula is C18H25N5O2. The molecule has 0 bridgehead atoms. The molecule has 2 N–H and O–H groups in total. The van der Waals surface area contributed by atoms with Gasteiger partial charge in [-0.05, 0) is 50.5 Å². The minimum Gasteiger partial charge on any atom is -0.384 e. The van der Waals surface area contributed by atoms with Crippen molar-refractivity contribution in [2.45, 2.75) is 39.3 Å². The van der Waals surface area contributed by atoms with Crippen molar-refractivity contribution in [1.29, 1.82) is 0 Å². The fourth-order valence-corrected chi connectivity index (χ4v) is 3.16. The second-order valence-electron chi connectivity index (χ2n) is 6.54. The first-order chi connectivity index (χ1) is 12.0. The zero-order valence-electron chi connectivity index (χ0n) is 14.8. The van der Waals surface area contributed by atoms with Gasteiger partial charge in [-0.2, -0.15) is 5.10 Å². The van der Waals surface area contributed by atoms with Crippen molar-refractivity contribution in [1.82, 2.24) is 19.7 Å². The number of amides is 1. The largest absolute Gasteiger partial charge is 0.384 e. The molecule has 7 nitrogen and oxygen atoms in total. The van der Waals surface area contributed by atoms with Gasteiger partial charge in [0, 0.05) is 25.0 Å². The first-order valence-electron chi connectivity index (χ1n) is 8.62. The Morgan fingerprint density at radius 1 is 1.40 bits per heavy atom. The van der Waals surface area contributed by atoms with E-state index >= 15 is 0 Å². The van der Waals surface area contributed by atoms with E-state index in [0.717, 1.165) is 29.8 Å². The van der Waals surface area contributed by atoms with Gasteiger partial charge in [0.2, 0.25) is 5.91 Å². The number of carbonyl (C=O) groups excluding carboxylic acids is 1. The highest BCUT2D eigenvalue weighted by Crippen LogP contribution is 2.14. The van der Waals surface area contributed by atoms with E-state index in [4.69, 9.17) is 10.5 Å². The molecule has 1 amide bonds. The first kappa shape index (κ1) is 17.4. The van der Waals surface area contributed by atoms with E-state index in [9.17, 15) is 4.79 Å². The summed E-state index contributed by atoms with van der Waals surface area (Å²) in [5.74, 6) is 0.622. The number of hydrogen-bond acceptors (Lipinski definition) is 5. The molecule has 0 aliphatic carbocycles. The summed E-state index contributed by atoms with van der Waals surface area (Å²) in [5.41, 5.74) is 8.79. The summed E-state index contributed by atoms with van der Waals surface area (Å²) in [6.07, 6.45) is 3.48. The molecule has 1 saturated heterocycles. The third kappa shape index (κ3) is 4.57. The summed E-state index contributed by atoms with van der Waals surface area (Å²) < 4.78 is 7.59. The van der Waals surface area contributed by atoms with Gasteiger partial charge in [0.1, 0.15) is 12.4 Å². The van der Waals surface area contributed by atoms with Crippen LogP contribution in [0.3, 0.4) is 0 Å². The van der Waals surface area contributed by atoms with Gasteiger partial charge in [-0.25, -0.2) is 4.98 Å². The van der Waals surface area contributed by atoms with Crippen LogP contribution in [0.4, 0.5) is 5.82 Å². The lowest BCUT2D eigenvalue weighted by Gasteiger charge is -2.33. The molecule has 3 heterocycles. The lowest BCUT2D eigenvalue weighted by molar-refractivity contribution is -0.139. The van der Waals surface area contributed by atoms with Gasteiger partial charge in [0.05, 0.1) is 18.4 Å². The number of nitrogens with zero attached hydrogens (tertiary/aromatic N) is 4. The average molecular weight is 343 g/mol. The Morgan fingerprint density at radius 2 is 2.24 bits per heavy atom. The second kappa shape index (κ2) is 7.65. The van der Waals surface area contributed by atoms with Gasteiger partial charge < -0.3 is 15.4 Å². The highest BCUT2D eigenvalue weighted by molar-refractivity contribution is 5.76. The molecule has 1 atom stereocenters. The van der Waals surface area contributed by atoms with Crippen LogP contribution in [0.25, 0.3) is 0 Å². The number of nitrogen functional groups attached to an aromatic ring is 1. The molecule has 1 fully saturated rings. The average Bonchev–Trinajstić information content (AvgIpc) is 2.90. The molecule has 7 heteroatoms. The van der Waals surface area contributed by atoms with Gasteiger partial charge in [0.15, 0.2) is 0 Å². The third-order valence-corrected chi connectivity index (χ3v) is 4.48. The van der Waals surface area contributed by atoms with Crippen LogP contribution >= 0.6 is 0 Å². The predicted octanol–water partition coefficient (Wildman–Crippen LogP) is 1.34. The van der Waals surface area contributed by atoms with Crippen molar-refractivity contribution in [3.63, 3.8) is 0 Å². The van der Waals surface area contributed by atoms with Gasteiger partial charge in [0.25, 0.3) is 0 Å². The van der Waals surface area contributed by atoms with E-state index in [2.05, 4.69) is 10.1 Å². The van der Waals surface area contributed by atoms with Crippen molar-refractivity contribution in [3.05, 3.63) is 41.3 Å². The number of aromatic nitrogens is 3. The highest BCUT2D eigenvalue weighted by atomic mass is 16.5. The highest BCUT2D eigenvalue weighted by Gasteiger charge is 2.24. The summed E-state index contributed by atoms with van der Waals surface area (Å²) in [5, 5.41) is 4.37. The molecule has 2 aromatic rings. The maximum atomic E-state index is 12.6. The monoisotopic (exact) mass is 343 g/mol. The number of anilines is 1. The molecule has 0 spiro atoms. The Bertz CT molecular complexity index is 743. The number of pyridine rings is 1. The maximum Gasteiger partial charge on any atom is 0.244 e. The topological polar surface area (TPSA) is 86.3 Å². The van der Waals surface area contributed by atoms with E-state index in [1.54, 1.807) is 10.9 Å². The van der Waals surface area contributed by atoms with Crippen LogP contribution in [0.5, 0.6) is 0 Å².